The molecule has 9 nitrogen and oxygen atoms in total. The Morgan fingerprint density at radius 3 is 1.82 bits per heavy atom. The van der Waals surface area contributed by atoms with Crippen molar-refractivity contribution >= 4 is 23.6 Å². The summed E-state index contributed by atoms with van der Waals surface area (Å²) >= 11 is 0. The molecule has 2 aliphatic rings. The van der Waals surface area contributed by atoms with Gasteiger partial charge in [-0.1, -0.05) is 19.9 Å². The lowest BCUT2D eigenvalue weighted by Gasteiger charge is -2.05. The highest BCUT2D eigenvalue weighted by molar-refractivity contribution is 6.00. The molecule has 3 rings (SSSR count). The maximum Gasteiger partial charge on any atom is 0.248 e. The van der Waals surface area contributed by atoms with Crippen LogP contribution in [-0.4, -0.2) is 67.0 Å². The minimum atomic E-state index is -0.571. The molecular weight excluding hydrogens is 362 g/mol. The summed E-state index contributed by atoms with van der Waals surface area (Å²) in [5.74, 6) is 0.318. The number of carbonyl (C=O) groups excluding carboxylic acids is 2. The lowest BCUT2D eigenvalue weighted by atomic mass is 10.3. The summed E-state index contributed by atoms with van der Waals surface area (Å²) in [4.78, 5) is 37.2. The molecule has 0 aromatic carbocycles. The van der Waals surface area contributed by atoms with Crippen molar-refractivity contribution in [1.82, 2.24) is 15.6 Å². The van der Waals surface area contributed by atoms with Crippen LogP contribution in [0, 0.1) is 0 Å². The quantitative estimate of drug-likeness (QED) is 0.671. The molecule has 0 saturated heterocycles. The largest absolute Gasteiger partial charge is 0.474 e. The lowest BCUT2D eigenvalue weighted by Crippen LogP contribution is -2.34. The lowest BCUT2D eigenvalue weighted by molar-refractivity contribution is -0.123. The standard InChI is InChI=1S/C19H25N5O4/c1-3-8-20-16(25)14-10-27-18(23-14)12-6-5-7-13(22-12)19-24-15(11-28-19)17(26)21-9-4-2/h5-7,14-15H,3-4,8-11H2,1-2H3,(H,20,25)(H,21,26)/t14-,15-/m0/s1. The summed E-state index contributed by atoms with van der Waals surface area (Å²) in [6.07, 6.45) is 1.72. The van der Waals surface area contributed by atoms with E-state index in [0.717, 1.165) is 12.8 Å². The van der Waals surface area contributed by atoms with Gasteiger partial charge >= 0.3 is 0 Å². The first-order chi connectivity index (χ1) is 13.6. The fourth-order valence-corrected chi connectivity index (χ4v) is 2.70. The van der Waals surface area contributed by atoms with Crippen LogP contribution < -0.4 is 10.6 Å². The molecule has 0 aliphatic carbocycles. The van der Waals surface area contributed by atoms with E-state index in [1.165, 1.54) is 0 Å². The van der Waals surface area contributed by atoms with Crippen LogP contribution in [0.1, 0.15) is 38.1 Å². The van der Waals surface area contributed by atoms with Crippen molar-refractivity contribution in [2.75, 3.05) is 26.3 Å². The van der Waals surface area contributed by atoms with Crippen LogP contribution in [-0.2, 0) is 19.1 Å². The molecule has 150 valence electrons. The van der Waals surface area contributed by atoms with Gasteiger partial charge in [-0.25, -0.2) is 15.0 Å². The Morgan fingerprint density at radius 2 is 1.39 bits per heavy atom. The minimum Gasteiger partial charge on any atom is -0.474 e. The van der Waals surface area contributed by atoms with Gasteiger partial charge in [0.15, 0.2) is 12.1 Å². The van der Waals surface area contributed by atoms with E-state index in [1.54, 1.807) is 18.2 Å². The number of pyridine rings is 1. The van der Waals surface area contributed by atoms with Crippen LogP contribution in [0.3, 0.4) is 0 Å². The third-order valence-corrected chi connectivity index (χ3v) is 4.19. The first-order valence-corrected chi connectivity index (χ1v) is 9.56. The number of hydrogen-bond donors (Lipinski definition) is 2. The number of amides is 2. The monoisotopic (exact) mass is 387 g/mol. The molecule has 0 bridgehead atoms. The van der Waals surface area contributed by atoms with Gasteiger partial charge in [0.25, 0.3) is 0 Å². The molecule has 28 heavy (non-hydrogen) atoms. The third-order valence-electron chi connectivity index (χ3n) is 4.19. The van der Waals surface area contributed by atoms with Gasteiger partial charge in [0.1, 0.15) is 24.6 Å². The van der Waals surface area contributed by atoms with Crippen LogP contribution in [0.15, 0.2) is 28.2 Å². The van der Waals surface area contributed by atoms with Gasteiger partial charge in [-0.05, 0) is 25.0 Å². The van der Waals surface area contributed by atoms with E-state index in [0.29, 0.717) is 36.3 Å². The number of carbonyl (C=O) groups is 2. The minimum absolute atomic E-state index is 0.155. The summed E-state index contributed by atoms with van der Waals surface area (Å²) in [7, 11) is 0. The van der Waals surface area contributed by atoms with Crippen molar-refractivity contribution in [2.45, 2.75) is 38.8 Å². The molecule has 0 spiro atoms. The average molecular weight is 387 g/mol. The van der Waals surface area contributed by atoms with Gasteiger partial charge in [0.2, 0.25) is 23.6 Å². The molecule has 2 amide bonds. The van der Waals surface area contributed by atoms with Gasteiger partial charge in [-0.2, -0.15) is 0 Å². The average Bonchev–Trinajstić information content (AvgIpc) is 3.40. The normalized spacial score (nSPS) is 20.6. The maximum atomic E-state index is 12.0. The Balaban J connectivity index is 1.69. The smallest absolute Gasteiger partial charge is 0.248 e. The highest BCUT2D eigenvalue weighted by Gasteiger charge is 2.29. The molecule has 0 saturated carbocycles. The van der Waals surface area contributed by atoms with Gasteiger partial charge in [-0.3, -0.25) is 9.59 Å². The highest BCUT2D eigenvalue weighted by Crippen LogP contribution is 2.15. The third kappa shape index (κ3) is 4.65. The fourth-order valence-electron chi connectivity index (χ4n) is 2.70. The van der Waals surface area contributed by atoms with E-state index in [1.807, 2.05) is 13.8 Å². The molecular formula is C19H25N5O4. The second-order valence-corrected chi connectivity index (χ2v) is 6.51. The Bertz CT molecular complexity index is 731. The molecule has 9 heteroatoms. The fraction of sp³-hybridized carbons (Fsp3) is 0.526. The van der Waals surface area contributed by atoms with Gasteiger partial charge < -0.3 is 20.1 Å². The summed E-state index contributed by atoms with van der Waals surface area (Å²) in [6.45, 7) is 5.57. The predicted octanol–water partition coefficient (Wildman–Crippen LogP) is 0.425. The first-order valence-electron chi connectivity index (χ1n) is 9.56. The van der Waals surface area contributed by atoms with E-state index in [2.05, 4.69) is 25.6 Å². The number of ether oxygens (including phenoxy) is 2. The zero-order chi connectivity index (χ0) is 19.9. The van der Waals surface area contributed by atoms with E-state index in [9.17, 15) is 9.59 Å². The molecule has 1 aromatic heterocycles. The van der Waals surface area contributed by atoms with Crippen LogP contribution in [0.2, 0.25) is 0 Å². The van der Waals surface area contributed by atoms with E-state index >= 15 is 0 Å². The Morgan fingerprint density at radius 1 is 0.929 bits per heavy atom. The Labute approximate surface area is 163 Å². The van der Waals surface area contributed by atoms with Crippen LogP contribution in [0.25, 0.3) is 0 Å². The van der Waals surface area contributed by atoms with Crippen molar-refractivity contribution < 1.29 is 19.1 Å². The molecule has 0 radical (unpaired) electrons. The molecule has 2 aliphatic heterocycles. The summed E-state index contributed by atoms with van der Waals surface area (Å²) in [5.41, 5.74) is 0.988. The maximum absolute atomic E-state index is 12.0. The zero-order valence-electron chi connectivity index (χ0n) is 16.1. The van der Waals surface area contributed by atoms with Crippen molar-refractivity contribution in [1.29, 1.82) is 0 Å². The number of aliphatic imine (C=N–C) groups is 2. The predicted molar refractivity (Wildman–Crippen MR) is 103 cm³/mol. The zero-order valence-corrected chi connectivity index (χ0v) is 16.1. The molecule has 1 aromatic rings. The van der Waals surface area contributed by atoms with Crippen LogP contribution in [0.5, 0.6) is 0 Å². The van der Waals surface area contributed by atoms with Crippen molar-refractivity contribution in [3.05, 3.63) is 29.6 Å². The van der Waals surface area contributed by atoms with E-state index in [-0.39, 0.29) is 25.0 Å². The second kappa shape index (κ2) is 9.29. The number of rotatable bonds is 8. The van der Waals surface area contributed by atoms with Gasteiger partial charge in [0, 0.05) is 13.1 Å². The van der Waals surface area contributed by atoms with Gasteiger partial charge in [0.05, 0.1) is 0 Å². The number of nitrogens with one attached hydrogen (secondary N) is 2. The van der Waals surface area contributed by atoms with Crippen molar-refractivity contribution in [2.24, 2.45) is 9.98 Å². The number of aromatic nitrogens is 1. The topological polar surface area (TPSA) is 114 Å². The molecule has 2 atom stereocenters. The molecule has 2 N–H and O–H groups in total. The summed E-state index contributed by atoms with van der Waals surface area (Å²) in [5, 5.41) is 5.62. The van der Waals surface area contributed by atoms with Crippen LogP contribution in [0.4, 0.5) is 0 Å². The summed E-state index contributed by atoms with van der Waals surface area (Å²) < 4.78 is 11.1. The molecule has 0 unspecified atom stereocenters. The highest BCUT2D eigenvalue weighted by atomic mass is 16.5. The number of hydrogen-bond acceptors (Lipinski definition) is 7. The first kappa shape index (κ1) is 19.8. The number of nitrogens with zero attached hydrogens (tertiary/aromatic N) is 3. The van der Waals surface area contributed by atoms with E-state index in [4.69, 9.17) is 9.47 Å². The summed E-state index contributed by atoms with van der Waals surface area (Å²) in [6, 6.07) is 4.13. The SMILES string of the molecule is CCCNC(=O)[C@@H]1COC(c2cccc(C3=N[C@H](C(=O)NCCC)CO3)n2)=N1. The molecule has 0 fully saturated rings. The van der Waals surface area contributed by atoms with Gasteiger partial charge in [-0.15, -0.1) is 0 Å². The Kier molecular flexibility index (Phi) is 6.57. The second-order valence-electron chi connectivity index (χ2n) is 6.51. The van der Waals surface area contributed by atoms with Crippen LogP contribution >= 0.6 is 0 Å². The van der Waals surface area contributed by atoms with Crippen molar-refractivity contribution in [3.8, 4) is 0 Å². The Hall–Kier alpha value is -2.97. The molecule has 3 heterocycles. The van der Waals surface area contributed by atoms with Crippen molar-refractivity contribution in [3.63, 3.8) is 0 Å². The van der Waals surface area contributed by atoms with E-state index < -0.39 is 12.1 Å².